The molecule has 0 heterocycles. The maximum Gasteiger partial charge on any atom is 0.290 e. The monoisotopic (exact) mass is 744 g/mol. The number of ether oxygens (including phenoxy) is 1. The summed E-state index contributed by atoms with van der Waals surface area (Å²) in [4.78, 5) is -2.25. The summed E-state index contributed by atoms with van der Waals surface area (Å²) in [5.41, 5.74) is 0. The molecule has 0 aliphatic carbocycles. The topological polar surface area (TPSA) is 78.8 Å². The molecule has 0 amide bonds. The summed E-state index contributed by atoms with van der Waals surface area (Å²) in [7, 11) is -5.59. The minimum absolute atomic E-state index is 0.0852. The standard InChI is InChI=1S/C13H3F5I3NO4S/c14-6-7(15)9(17)12(10(18)8(6)16)27(24,25)22-13(23)26-11-4(20)1-3(19)2-5(11)21/h1-2H,(H,22,23)/p-1. The molecule has 0 saturated carbocycles. The fraction of sp³-hybridized carbons (Fsp3) is 0. The smallest absolute Gasteiger partial charge is 0.290 e. The van der Waals surface area contributed by atoms with Gasteiger partial charge in [-0.05, 0) is 79.9 Å². The Labute approximate surface area is 189 Å². The van der Waals surface area contributed by atoms with Gasteiger partial charge < -0.3 is 9.84 Å². The van der Waals surface area contributed by atoms with E-state index in [1.54, 1.807) is 57.3 Å². The van der Waals surface area contributed by atoms with Crippen LogP contribution < -0.4 is 9.84 Å². The first-order valence-electron chi connectivity index (χ1n) is 6.22. The molecule has 2 rings (SSSR count). The Hall–Kier alpha value is -0.500. The highest BCUT2D eigenvalue weighted by Gasteiger charge is 2.33. The summed E-state index contributed by atoms with van der Waals surface area (Å²) in [5, 5.41) is 11.8. The van der Waals surface area contributed by atoms with E-state index in [2.05, 4.69) is 4.40 Å². The zero-order valence-corrected chi connectivity index (χ0v) is 19.5. The van der Waals surface area contributed by atoms with Crippen LogP contribution >= 0.6 is 67.8 Å². The molecule has 27 heavy (non-hydrogen) atoms. The van der Waals surface area contributed by atoms with E-state index in [0.29, 0.717) is 7.14 Å². The van der Waals surface area contributed by atoms with Crippen LogP contribution in [0.3, 0.4) is 0 Å². The van der Waals surface area contributed by atoms with Gasteiger partial charge in [-0.25, -0.2) is 22.0 Å². The largest absolute Gasteiger partial charge is 0.564 e. The average molecular weight is 744 g/mol. The molecule has 0 bridgehead atoms. The van der Waals surface area contributed by atoms with Crippen molar-refractivity contribution in [2.45, 2.75) is 4.90 Å². The number of rotatable bonds is 3. The fourth-order valence-electron chi connectivity index (χ4n) is 1.69. The molecule has 0 spiro atoms. The quantitative estimate of drug-likeness (QED) is 0.120. The summed E-state index contributed by atoms with van der Waals surface area (Å²) in [6, 6.07) is 3.15. The minimum atomic E-state index is -5.59. The molecule has 0 fully saturated rings. The molecular formula is C13H2F5I3NO4S-. The third-order valence-corrected chi connectivity index (χ3v) is 6.26. The summed E-state index contributed by atoms with van der Waals surface area (Å²) in [6.45, 7) is 0. The van der Waals surface area contributed by atoms with Gasteiger partial charge in [0, 0.05) is 16.5 Å². The molecule has 0 aliphatic rings. The summed E-state index contributed by atoms with van der Waals surface area (Å²) >= 11 is 5.53. The van der Waals surface area contributed by atoms with Crippen molar-refractivity contribution in [1.82, 2.24) is 0 Å². The molecule has 5 nitrogen and oxygen atoms in total. The van der Waals surface area contributed by atoms with Crippen molar-refractivity contribution in [3.63, 3.8) is 0 Å². The molecule has 2 aromatic rings. The van der Waals surface area contributed by atoms with E-state index in [9.17, 15) is 35.5 Å². The van der Waals surface area contributed by atoms with Crippen LogP contribution in [0.4, 0.5) is 22.0 Å². The number of hydrogen-bond acceptors (Lipinski definition) is 4. The number of hydrogen-bond donors (Lipinski definition) is 0. The van der Waals surface area contributed by atoms with Crippen LogP contribution in [-0.2, 0) is 10.0 Å². The van der Waals surface area contributed by atoms with Gasteiger partial charge in [0.15, 0.2) is 34.2 Å². The van der Waals surface area contributed by atoms with Gasteiger partial charge in [0.2, 0.25) is 5.82 Å². The van der Waals surface area contributed by atoms with E-state index < -0.39 is 50.1 Å². The number of sulfonamides is 1. The second-order valence-corrected chi connectivity index (χ2v) is 9.64. The lowest BCUT2D eigenvalue weighted by Crippen LogP contribution is -2.27. The Morgan fingerprint density at radius 3 is 1.74 bits per heavy atom. The van der Waals surface area contributed by atoms with E-state index in [-0.39, 0.29) is 5.75 Å². The first kappa shape index (κ1) is 22.8. The van der Waals surface area contributed by atoms with Crippen LogP contribution in [0.15, 0.2) is 21.4 Å². The Morgan fingerprint density at radius 1 is 0.889 bits per heavy atom. The highest BCUT2D eigenvalue weighted by atomic mass is 127. The second kappa shape index (κ2) is 8.47. The number of halogens is 8. The minimum Gasteiger partial charge on any atom is -0.564 e. The molecule has 2 aromatic carbocycles. The third-order valence-electron chi connectivity index (χ3n) is 2.77. The zero-order valence-electron chi connectivity index (χ0n) is 12.2. The molecule has 0 N–H and O–H groups in total. The second-order valence-electron chi connectivity index (χ2n) is 4.53. The lowest BCUT2D eigenvalue weighted by atomic mass is 10.3. The lowest BCUT2D eigenvalue weighted by molar-refractivity contribution is -0.239. The van der Waals surface area contributed by atoms with Crippen molar-refractivity contribution in [2.24, 2.45) is 4.40 Å². The molecule has 0 aromatic heterocycles. The van der Waals surface area contributed by atoms with E-state index in [1.807, 2.05) is 22.6 Å². The maximum absolute atomic E-state index is 13.6. The van der Waals surface area contributed by atoms with Crippen molar-refractivity contribution < 1.29 is 40.2 Å². The molecule has 0 unspecified atom stereocenters. The van der Waals surface area contributed by atoms with Crippen LogP contribution in [0, 0.1) is 39.8 Å². The van der Waals surface area contributed by atoms with Gasteiger partial charge in [-0.15, -0.1) is 4.40 Å². The van der Waals surface area contributed by atoms with Crippen LogP contribution in [0.25, 0.3) is 0 Å². The van der Waals surface area contributed by atoms with Gasteiger partial charge in [-0.3, -0.25) is 0 Å². The van der Waals surface area contributed by atoms with E-state index in [4.69, 9.17) is 4.74 Å². The number of nitrogens with zero attached hydrogens (tertiary/aromatic N) is 1. The average Bonchev–Trinajstić information content (AvgIpc) is 2.53. The van der Waals surface area contributed by atoms with Gasteiger partial charge in [-0.1, -0.05) is 0 Å². The fourth-order valence-corrected chi connectivity index (χ4v) is 6.45. The molecule has 146 valence electrons. The lowest BCUT2D eigenvalue weighted by Gasteiger charge is -2.18. The first-order valence-corrected chi connectivity index (χ1v) is 10.9. The maximum atomic E-state index is 13.6. The Bertz CT molecular complexity index is 1030. The molecule has 0 aliphatic heterocycles. The van der Waals surface area contributed by atoms with E-state index >= 15 is 0 Å². The molecule has 0 radical (unpaired) electrons. The van der Waals surface area contributed by atoms with Crippen molar-refractivity contribution in [1.29, 1.82) is 0 Å². The normalized spacial score (nSPS) is 12.4. The van der Waals surface area contributed by atoms with E-state index in [1.165, 1.54) is 0 Å². The van der Waals surface area contributed by atoms with Gasteiger partial charge in [0.1, 0.15) is 0 Å². The van der Waals surface area contributed by atoms with Gasteiger partial charge in [-0.2, -0.15) is 8.42 Å². The van der Waals surface area contributed by atoms with Crippen LogP contribution in [0.2, 0.25) is 0 Å². The van der Waals surface area contributed by atoms with Crippen molar-refractivity contribution >= 4 is 83.9 Å². The predicted molar refractivity (Wildman–Crippen MR) is 106 cm³/mol. The van der Waals surface area contributed by atoms with Gasteiger partial charge in [0.25, 0.3) is 10.0 Å². The van der Waals surface area contributed by atoms with E-state index in [0.717, 1.165) is 3.57 Å². The first-order chi connectivity index (χ1) is 12.4. The molecule has 14 heteroatoms. The summed E-state index contributed by atoms with van der Waals surface area (Å²) < 4.78 is 99.2. The highest BCUT2D eigenvalue weighted by Crippen LogP contribution is 2.30. The van der Waals surface area contributed by atoms with Gasteiger partial charge in [0.05, 0.1) is 0 Å². The van der Waals surface area contributed by atoms with Crippen molar-refractivity contribution in [3.05, 3.63) is 51.9 Å². The predicted octanol–water partition coefficient (Wildman–Crippen LogP) is 3.68. The van der Waals surface area contributed by atoms with Crippen LogP contribution in [-0.4, -0.2) is 14.5 Å². The highest BCUT2D eigenvalue weighted by molar-refractivity contribution is 14.1. The zero-order chi connectivity index (χ0) is 20.7. The summed E-state index contributed by atoms with van der Waals surface area (Å²) in [5.74, 6) is -12.9. The van der Waals surface area contributed by atoms with Crippen molar-refractivity contribution in [3.8, 4) is 5.75 Å². The Morgan fingerprint density at radius 2 is 1.30 bits per heavy atom. The Kier molecular flexibility index (Phi) is 7.15. The molecule has 0 atom stereocenters. The van der Waals surface area contributed by atoms with Crippen LogP contribution in [0.1, 0.15) is 0 Å². The molecular weight excluding hydrogens is 742 g/mol. The Balaban J connectivity index is 2.54. The molecule has 0 saturated heterocycles. The van der Waals surface area contributed by atoms with Gasteiger partial charge >= 0.3 is 0 Å². The van der Waals surface area contributed by atoms with Crippen LogP contribution in [0.5, 0.6) is 5.75 Å². The number of benzene rings is 2. The van der Waals surface area contributed by atoms with Crippen molar-refractivity contribution in [2.75, 3.05) is 0 Å². The SMILES string of the molecule is O=S(=O)(/N=C(/[O-])Oc1c(I)cc(I)cc1I)c1c(F)c(F)c(F)c(F)c1F. The summed E-state index contributed by atoms with van der Waals surface area (Å²) in [6.07, 6.45) is -1.82. The third kappa shape index (κ3) is 4.74.